The topological polar surface area (TPSA) is 78.9 Å². The van der Waals surface area contributed by atoms with E-state index < -0.39 is 12.1 Å². The standard InChI is InChI=1S/C67H104O6/c1-4-7-10-13-15-17-19-21-23-24-25-26-27-28-29-30-31-32-33-34-35-36-37-38-39-40-41-42-44-45-47-49-51-54-57-60-66(69)72-63-64(62-71-65(68)59-56-53-12-9-6-3)73-67(70)61-58-55-52-50-48-46-43-22-20-18-16-14-11-8-5-2/h7-8,10-11,15-18,21-23,25-26,28-29,31-32,34-35,37-38,43,48,50,55,58,64H,4-6,9,12-14,19-20,24,27,30,33,36,39-42,44-47,49,51-54,56-57,59-63H2,1-3H3/b10-7-,11-8-,17-15-,18-16-,23-21-,26-25-,29-28-,32-31-,35-34-,38-37-,43-22-,50-48-,58-55-. The minimum Gasteiger partial charge on any atom is -0.462 e. The van der Waals surface area contributed by atoms with Crippen molar-refractivity contribution in [3.63, 3.8) is 0 Å². The van der Waals surface area contributed by atoms with Gasteiger partial charge in [0.1, 0.15) is 13.2 Å². The van der Waals surface area contributed by atoms with Crippen molar-refractivity contribution in [2.75, 3.05) is 13.2 Å². The minimum absolute atomic E-state index is 0.0905. The molecular weight excluding hydrogens is 901 g/mol. The third-order valence-electron chi connectivity index (χ3n) is 11.6. The van der Waals surface area contributed by atoms with Crippen LogP contribution < -0.4 is 0 Å². The van der Waals surface area contributed by atoms with Crippen LogP contribution in [0.3, 0.4) is 0 Å². The number of hydrogen-bond donors (Lipinski definition) is 0. The number of ether oxygens (including phenoxy) is 3. The normalized spacial score (nSPS) is 13.3. The lowest BCUT2D eigenvalue weighted by molar-refractivity contribution is -0.166. The Labute approximate surface area is 448 Å². The summed E-state index contributed by atoms with van der Waals surface area (Å²) in [6, 6.07) is 0. The summed E-state index contributed by atoms with van der Waals surface area (Å²) < 4.78 is 16.6. The first-order valence-corrected chi connectivity index (χ1v) is 29.0. The number of hydrogen-bond acceptors (Lipinski definition) is 6. The zero-order valence-corrected chi connectivity index (χ0v) is 46.6. The van der Waals surface area contributed by atoms with Gasteiger partial charge in [-0.05, 0) is 109 Å². The second-order valence-corrected chi connectivity index (χ2v) is 18.5. The fraction of sp³-hybridized carbons (Fsp3) is 0.567. The van der Waals surface area contributed by atoms with Crippen LogP contribution in [0, 0.1) is 0 Å². The molecule has 0 heterocycles. The fourth-order valence-corrected chi connectivity index (χ4v) is 7.30. The van der Waals surface area contributed by atoms with E-state index in [2.05, 4.69) is 167 Å². The van der Waals surface area contributed by atoms with Crippen LogP contribution in [0.4, 0.5) is 0 Å². The van der Waals surface area contributed by atoms with Gasteiger partial charge in [-0.2, -0.15) is 0 Å². The van der Waals surface area contributed by atoms with E-state index in [4.69, 9.17) is 14.2 Å². The third-order valence-corrected chi connectivity index (χ3v) is 11.6. The highest BCUT2D eigenvalue weighted by Gasteiger charge is 2.19. The zero-order chi connectivity index (χ0) is 52.9. The summed E-state index contributed by atoms with van der Waals surface area (Å²) in [5.74, 6) is -1.08. The van der Waals surface area contributed by atoms with Crippen molar-refractivity contribution in [1.82, 2.24) is 0 Å². The Bertz CT molecular complexity index is 1670. The summed E-state index contributed by atoms with van der Waals surface area (Å²) in [7, 11) is 0. The van der Waals surface area contributed by atoms with Crippen molar-refractivity contribution in [1.29, 1.82) is 0 Å². The fourth-order valence-electron chi connectivity index (χ4n) is 7.30. The van der Waals surface area contributed by atoms with Gasteiger partial charge in [-0.1, -0.05) is 256 Å². The molecule has 0 aromatic heterocycles. The van der Waals surface area contributed by atoms with E-state index in [9.17, 15) is 14.4 Å². The van der Waals surface area contributed by atoms with Gasteiger partial charge in [0.05, 0.1) is 6.42 Å². The largest absolute Gasteiger partial charge is 0.462 e. The predicted octanol–water partition coefficient (Wildman–Crippen LogP) is 19.8. The molecule has 0 saturated heterocycles. The molecule has 6 heteroatoms. The highest BCUT2D eigenvalue weighted by molar-refractivity contribution is 5.72. The molecule has 0 aliphatic heterocycles. The molecule has 0 rings (SSSR count). The molecular formula is C67H104O6. The molecule has 0 aromatic rings. The number of esters is 3. The molecule has 6 nitrogen and oxygen atoms in total. The maximum absolute atomic E-state index is 12.7. The number of rotatable bonds is 50. The molecule has 1 unspecified atom stereocenters. The van der Waals surface area contributed by atoms with E-state index in [0.29, 0.717) is 19.3 Å². The van der Waals surface area contributed by atoms with Crippen LogP contribution in [-0.2, 0) is 28.6 Å². The predicted molar refractivity (Wildman–Crippen MR) is 315 cm³/mol. The summed E-state index contributed by atoms with van der Waals surface area (Å²) in [6.07, 6.45) is 87.5. The van der Waals surface area contributed by atoms with Gasteiger partial charge in [0.15, 0.2) is 6.10 Å². The molecule has 0 fully saturated rings. The lowest BCUT2D eigenvalue weighted by Crippen LogP contribution is -2.30. The zero-order valence-electron chi connectivity index (χ0n) is 46.6. The first-order chi connectivity index (χ1) is 36.0. The van der Waals surface area contributed by atoms with Gasteiger partial charge in [0.25, 0.3) is 0 Å². The Morgan fingerprint density at radius 2 is 0.575 bits per heavy atom. The first-order valence-electron chi connectivity index (χ1n) is 29.0. The summed E-state index contributed by atoms with van der Waals surface area (Å²) in [6.45, 7) is 6.21. The van der Waals surface area contributed by atoms with Crippen LogP contribution >= 0.6 is 0 Å². The second kappa shape index (κ2) is 59.6. The summed E-state index contributed by atoms with van der Waals surface area (Å²) in [5, 5.41) is 0. The average Bonchev–Trinajstić information content (AvgIpc) is 3.39. The van der Waals surface area contributed by atoms with Crippen molar-refractivity contribution in [2.45, 2.75) is 232 Å². The summed E-state index contributed by atoms with van der Waals surface area (Å²) in [4.78, 5) is 37.7. The minimum atomic E-state index is -0.835. The molecule has 0 bridgehead atoms. The van der Waals surface area contributed by atoms with Crippen molar-refractivity contribution >= 4 is 17.9 Å². The van der Waals surface area contributed by atoms with Crippen molar-refractivity contribution in [3.05, 3.63) is 158 Å². The molecule has 0 aromatic carbocycles. The molecule has 0 saturated carbocycles. The van der Waals surface area contributed by atoms with E-state index in [1.807, 2.05) is 6.08 Å². The van der Waals surface area contributed by atoms with Gasteiger partial charge >= 0.3 is 17.9 Å². The van der Waals surface area contributed by atoms with Crippen LogP contribution in [0.25, 0.3) is 0 Å². The monoisotopic (exact) mass is 1000 g/mol. The van der Waals surface area contributed by atoms with Crippen LogP contribution in [-0.4, -0.2) is 37.2 Å². The van der Waals surface area contributed by atoms with E-state index >= 15 is 0 Å². The Kier molecular flexibility index (Phi) is 55.5. The summed E-state index contributed by atoms with van der Waals surface area (Å²) in [5.41, 5.74) is 0. The lowest BCUT2D eigenvalue weighted by Gasteiger charge is -2.18. The molecule has 0 spiro atoms. The van der Waals surface area contributed by atoms with Gasteiger partial charge in [0.2, 0.25) is 0 Å². The Hall–Kier alpha value is -4.97. The van der Waals surface area contributed by atoms with E-state index in [1.165, 1.54) is 44.9 Å². The van der Waals surface area contributed by atoms with Crippen LogP contribution in [0.1, 0.15) is 226 Å². The molecule has 408 valence electrons. The molecule has 73 heavy (non-hydrogen) atoms. The molecule has 0 aliphatic rings. The molecule has 1 atom stereocenters. The van der Waals surface area contributed by atoms with E-state index in [0.717, 1.165) is 135 Å². The van der Waals surface area contributed by atoms with E-state index in [-0.39, 0.29) is 31.6 Å². The van der Waals surface area contributed by atoms with E-state index in [1.54, 1.807) is 6.08 Å². The number of unbranched alkanes of at least 4 members (excludes halogenated alkanes) is 14. The SMILES string of the molecule is CC/C=C\C/C=C\C/C=C\C/C=C\C/C=C\C/C=C\C/C=C\C/C=C\CCCCCCCCCCCCC(=O)OCC(COC(=O)CCCCCCC)OC(=O)C/C=C\C/C=C\C/C=C\C/C=C\C/C=C\CC. The van der Waals surface area contributed by atoms with Crippen molar-refractivity contribution in [2.24, 2.45) is 0 Å². The Morgan fingerprint density at radius 1 is 0.301 bits per heavy atom. The highest BCUT2D eigenvalue weighted by atomic mass is 16.6. The van der Waals surface area contributed by atoms with Crippen molar-refractivity contribution in [3.8, 4) is 0 Å². The number of carbonyl (C=O) groups excluding carboxylic acids is 3. The second-order valence-electron chi connectivity index (χ2n) is 18.5. The van der Waals surface area contributed by atoms with Crippen molar-refractivity contribution < 1.29 is 28.6 Å². The van der Waals surface area contributed by atoms with Crippen LogP contribution in [0.5, 0.6) is 0 Å². The van der Waals surface area contributed by atoms with Gasteiger partial charge in [-0.25, -0.2) is 0 Å². The smallest absolute Gasteiger partial charge is 0.310 e. The van der Waals surface area contributed by atoms with Crippen LogP contribution in [0.15, 0.2) is 158 Å². The molecule has 0 amide bonds. The van der Waals surface area contributed by atoms with Gasteiger partial charge in [-0.15, -0.1) is 0 Å². The maximum atomic E-state index is 12.7. The molecule has 0 N–H and O–H groups in total. The Morgan fingerprint density at radius 3 is 0.904 bits per heavy atom. The third kappa shape index (κ3) is 57.8. The quantitative estimate of drug-likeness (QED) is 0.0261. The maximum Gasteiger partial charge on any atom is 0.310 e. The summed E-state index contributed by atoms with van der Waals surface area (Å²) >= 11 is 0. The lowest BCUT2D eigenvalue weighted by atomic mass is 10.1. The van der Waals surface area contributed by atoms with Crippen LogP contribution in [0.2, 0.25) is 0 Å². The van der Waals surface area contributed by atoms with Gasteiger partial charge in [-0.3, -0.25) is 14.4 Å². The molecule has 0 radical (unpaired) electrons. The number of carbonyl (C=O) groups is 3. The highest BCUT2D eigenvalue weighted by Crippen LogP contribution is 2.14. The molecule has 0 aliphatic carbocycles. The number of allylic oxidation sites excluding steroid dienone is 25. The first kappa shape index (κ1) is 68.0. The van der Waals surface area contributed by atoms with Gasteiger partial charge in [0, 0.05) is 12.8 Å². The Balaban J connectivity index is 4.11. The van der Waals surface area contributed by atoms with Gasteiger partial charge < -0.3 is 14.2 Å². The average molecular weight is 1010 g/mol.